The second kappa shape index (κ2) is 7.89. The van der Waals surface area contributed by atoms with E-state index in [0.29, 0.717) is 0 Å². The van der Waals surface area contributed by atoms with Crippen LogP contribution < -0.4 is 5.30 Å². The van der Waals surface area contributed by atoms with Crippen LogP contribution in [-0.4, -0.2) is 35.8 Å². The van der Waals surface area contributed by atoms with Crippen molar-refractivity contribution in [2.75, 3.05) is 25.5 Å². The molecule has 2 N–H and O–H groups in total. The summed E-state index contributed by atoms with van der Waals surface area (Å²) in [5, 5.41) is 19.5. The van der Waals surface area contributed by atoms with Gasteiger partial charge >= 0.3 is 0 Å². The number of aliphatic hydroxyl groups is 2. The zero-order chi connectivity index (χ0) is 13.5. The van der Waals surface area contributed by atoms with Crippen LogP contribution in [0.5, 0.6) is 0 Å². The van der Waals surface area contributed by atoms with Gasteiger partial charge in [0.2, 0.25) is 0 Å². The average Bonchev–Trinajstić information content (AvgIpc) is 2.30. The molecule has 18 heavy (non-hydrogen) atoms. The monoisotopic (exact) mass is 268 g/mol. The summed E-state index contributed by atoms with van der Waals surface area (Å²) in [5.41, 5.74) is 4.05. The van der Waals surface area contributed by atoms with E-state index in [-0.39, 0.29) is 21.1 Å². The lowest BCUT2D eigenvalue weighted by Crippen LogP contribution is -2.15. The summed E-state index contributed by atoms with van der Waals surface area (Å²) in [6.45, 7) is 7.03. The molecule has 0 radical (unpaired) electrons. The summed E-state index contributed by atoms with van der Waals surface area (Å²) in [4.78, 5) is 0. The van der Waals surface area contributed by atoms with Gasteiger partial charge in [0.05, 0.1) is 0 Å². The Hall–Kier alpha value is -0.430. The van der Waals surface area contributed by atoms with Crippen LogP contribution in [-0.2, 0) is 0 Å². The molecule has 102 valence electrons. The highest BCUT2D eigenvalue weighted by Crippen LogP contribution is 2.38. The molecule has 1 rings (SSSR count). The number of aryl methyl sites for hydroxylation is 3. The first-order valence-electron chi connectivity index (χ1n) is 6.64. The third-order valence-corrected chi connectivity index (χ3v) is 6.17. The molecule has 1 aromatic rings. The number of hydrogen-bond donors (Lipinski definition) is 2. The smallest absolute Gasteiger partial charge is 0.0434 e. The van der Waals surface area contributed by atoms with Crippen molar-refractivity contribution in [2.24, 2.45) is 0 Å². The SMILES string of the molecule is Cc1cc(C)c(P(CCCO)CCCO)c(C)c1. The third kappa shape index (κ3) is 4.35. The van der Waals surface area contributed by atoms with Gasteiger partial charge in [-0.2, -0.15) is 0 Å². The van der Waals surface area contributed by atoms with Crippen LogP contribution in [0.1, 0.15) is 29.5 Å². The van der Waals surface area contributed by atoms with E-state index in [0.717, 1.165) is 25.2 Å². The van der Waals surface area contributed by atoms with Crippen molar-refractivity contribution >= 4 is 13.2 Å². The second-order valence-corrected chi connectivity index (χ2v) is 7.31. The Morgan fingerprint density at radius 3 is 1.72 bits per heavy atom. The van der Waals surface area contributed by atoms with E-state index in [1.807, 2.05) is 0 Å². The van der Waals surface area contributed by atoms with Crippen molar-refractivity contribution in [1.82, 2.24) is 0 Å². The molecule has 0 saturated heterocycles. The first kappa shape index (κ1) is 15.6. The lowest BCUT2D eigenvalue weighted by Gasteiger charge is -2.22. The Kier molecular flexibility index (Phi) is 6.85. The molecular weight excluding hydrogens is 243 g/mol. The van der Waals surface area contributed by atoms with Gasteiger partial charge in [-0.15, -0.1) is 0 Å². The zero-order valence-electron chi connectivity index (χ0n) is 11.7. The van der Waals surface area contributed by atoms with E-state index >= 15 is 0 Å². The first-order valence-corrected chi connectivity index (χ1v) is 8.36. The fraction of sp³-hybridized carbons (Fsp3) is 0.600. The number of aliphatic hydroxyl groups excluding tert-OH is 2. The Bertz CT molecular complexity index is 346. The van der Waals surface area contributed by atoms with E-state index < -0.39 is 0 Å². The van der Waals surface area contributed by atoms with E-state index in [1.54, 1.807) is 0 Å². The molecule has 0 bridgehead atoms. The molecule has 0 atom stereocenters. The average molecular weight is 268 g/mol. The normalized spacial score (nSPS) is 11.2. The highest BCUT2D eigenvalue weighted by molar-refractivity contribution is 7.65. The quantitative estimate of drug-likeness (QED) is 0.746. The maximum Gasteiger partial charge on any atom is 0.0434 e. The molecule has 0 spiro atoms. The molecule has 0 amide bonds. The number of hydrogen-bond acceptors (Lipinski definition) is 2. The summed E-state index contributed by atoms with van der Waals surface area (Å²) in [7, 11) is -0.242. The summed E-state index contributed by atoms with van der Waals surface area (Å²) >= 11 is 0. The van der Waals surface area contributed by atoms with E-state index in [9.17, 15) is 0 Å². The summed E-state index contributed by atoms with van der Waals surface area (Å²) in [5.74, 6) is 0. The van der Waals surface area contributed by atoms with Crippen molar-refractivity contribution in [3.63, 3.8) is 0 Å². The predicted octanol–water partition coefficient (Wildman–Crippen LogP) is 2.48. The Balaban J connectivity index is 2.95. The lowest BCUT2D eigenvalue weighted by molar-refractivity contribution is 0.294. The Morgan fingerprint density at radius 1 is 0.889 bits per heavy atom. The zero-order valence-corrected chi connectivity index (χ0v) is 12.6. The standard InChI is InChI=1S/C15H25O2P/c1-12-10-13(2)15(14(3)11-12)18(8-4-6-16)9-5-7-17/h10-11,16-17H,4-9H2,1-3H3. The van der Waals surface area contributed by atoms with Gasteiger partial charge in [0, 0.05) is 13.2 Å². The molecule has 0 aliphatic carbocycles. The Labute approximate surface area is 112 Å². The molecule has 1 aromatic carbocycles. The van der Waals surface area contributed by atoms with Gasteiger partial charge in [0.25, 0.3) is 0 Å². The summed E-state index contributed by atoms with van der Waals surface area (Å²) in [6.07, 6.45) is 3.86. The minimum atomic E-state index is -0.242. The van der Waals surface area contributed by atoms with Crippen LogP contribution in [0, 0.1) is 20.8 Å². The highest BCUT2D eigenvalue weighted by atomic mass is 31.1. The maximum atomic E-state index is 9.03. The van der Waals surface area contributed by atoms with Crippen LogP contribution >= 0.6 is 7.92 Å². The molecule has 0 heterocycles. The van der Waals surface area contributed by atoms with E-state index in [1.165, 1.54) is 22.0 Å². The minimum absolute atomic E-state index is 0.242. The van der Waals surface area contributed by atoms with Crippen molar-refractivity contribution in [2.45, 2.75) is 33.6 Å². The molecule has 0 unspecified atom stereocenters. The fourth-order valence-electron chi connectivity index (χ4n) is 2.53. The van der Waals surface area contributed by atoms with Gasteiger partial charge in [-0.3, -0.25) is 0 Å². The second-order valence-electron chi connectivity index (χ2n) is 4.89. The summed E-state index contributed by atoms with van der Waals surface area (Å²) in [6, 6.07) is 4.49. The van der Waals surface area contributed by atoms with E-state index in [4.69, 9.17) is 10.2 Å². The molecule has 0 aromatic heterocycles. The predicted molar refractivity (Wildman–Crippen MR) is 80.3 cm³/mol. The van der Waals surface area contributed by atoms with Crippen LogP contribution in [0.3, 0.4) is 0 Å². The fourth-order valence-corrected chi connectivity index (χ4v) is 5.37. The lowest BCUT2D eigenvalue weighted by atomic mass is 10.1. The molecule has 0 aliphatic rings. The van der Waals surface area contributed by atoms with Gasteiger partial charge in [0.15, 0.2) is 0 Å². The van der Waals surface area contributed by atoms with Crippen LogP contribution in [0.4, 0.5) is 0 Å². The largest absolute Gasteiger partial charge is 0.396 e. The van der Waals surface area contributed by atoms with Gasteiger partial charge in [0.1, 0.15) is 0 Å². The van der Waals surface area contributed by atoms with Gasteiger partial charge in [-0.05, 0) is 62.4 Å². The molecule has 2 nitrogen and oxygen atoms in total. The third-order valence-electron chi connectivity index (χ3n) is 3.12. The first-order chi connectivity index (χ1) is 8.60. The van der Waals surface area contributed by atoms with Gasteiger partial charge < -0.3 is 10.2 Å². The van der Waals surface area contributed by atoms with E-state index in [2.05, 4.69) is 32.9 Å². The number of benzene rings is 1. The van der Waals surface area contributed by atoms with Crippen molar-refractivity contribution in [3.05, 3.63) is 28.8 Å². The Morgan fingerprint density at radius 2 is 1.33 bits per heavy atom. The van der Waals surface area contributed by atoms with Gasteiger partial charge in [-0.1, -0.05) is 25.6 Å². The maximum absolute atomic E-state index is 9.03. The highest BCUT2D eigenvalue weighted by Gasteiger charge is 2.15. The van der Waals surface area contributed by atoms with Gasteiger partial charge in [-0.25, -0.2) is 0 Å². The van der Waals surface area contributed by atoms with Crippen LogP contribution in [0.2, 0.25) is 0 Å². The molecule has 0 saturated carbocycles. The summed E-state index contributed by atoms with van der Waals surface area (Å²) < 4.78 is 0. The minimum Gasteiger partial charge on any atom is -0.396 e. The molecule has 0 fully saturated rings. The van der Waals surface area contributed by atoms with Crippen molar-refractivity contribution < 1.29 is 10.2 Å². The molecule has 0 aliphatic heterocycles. The number of rotatable bonds is 7. The molecular formula is C15H25O2P. The molecule has 3 heteroatoms. The van der Waals surface area contributed by atoms with Crippen LogP contribution in [0.15, 0.2) is 12.1 Å². The topological polar surface area (TPSA) is 40.5 Å². The van der Waals surface area contributed by atoms with Crippen molar-refractivity contribution in [3.8, 4) is 0 Å². The van der Waals surface area contributed by atoms with Crippen LogP contribution in [0.25, 0.3) is 0 Å². The van der Waals surface area contributed by atoms with Crippen molar-refractivity contribution in [1.29, 1.82) is 0 Å².